The largest absolute Gasteiger partial charge is 0.481 e. The molecule has 1 saturated carbocycles. The van der Waals surface area contributed by atoms with Crippen molar-refractivity contribution in [1.29, 1.82) is 0 Å². The third kappa shape index (κ3) is 2.76. The van der Waals surface area contributed by atoms with Gasteiger partial charge in [0.25, 0.3) is 0 Å². The molecule has 132 valence electrons. The first-order valence-corrected chi connectivity index (χ1v) is 8.66. The first kappa shape index (κ1) is 16.8. The van der Waals surface area contributed by atoms with Crippen molar-refractivity contribution in [3.05, 3.63) is 12.7 Å². The van der Waals surface area contributed by atoms with Crippen LogP contribution in [-0.4, -0.2) is 65.0 Å². The molecule has 3 rings (SSSR count). The highest BCUT2D eigenvalue weighted by atomic mass is 16.4. The summed E-state index contributed by atoms with van der Waals surface area (Å²) in [5.41, 5.74) is -1.19. The summed E-state index contributed by atoms with van der Waals surface area (Å²) in [5.74, 6) is -1.85. The molecule has 3 amide bonds. The summed E-state index contributed by atoms with van der Waals surface area (Å²) < 4.78 is 0. The van der Waals surface area contributed by atoms with Gasteiger partial charge in [0.2, 0.25) is 5.91 Å². The predicted octanol–water partition coefficient (Wildman–Crippen LogP) is 1.06. The minimum atomic E-state index is -1.19. The second-order valence-corrected chi connectivity index (χ2v) is 7.19. The average molecular weight is 335 g/mol. The van der Waals surface area contributed by atoms with Crippen molar-refractivity contribution in [2.24, 2.45) is 11.3 Å². The minimum Gasteiger partial charge on any atom is -0.481 e. The van der Waals surface area contributed by atoms with Crippen LogP contribution in [0.15, 0.2) is 12.7 Å². The van der Waals surface area contributed by atoms with Crippen LogP contribution in [0.1, 0.15) is 32.1 Å². The van der Waals surface area contributed by atoms with E-state index >= 15 is 0 Å². The Kier molecular flexibility index (Phi) is 4.51. The van der Waals surface area contributed by atoms with Gasteiger partial charge in [-0.15, -0.1) is 6.58 Å². The molecule has 24 heavy (non-hydrogen) atoms. The van der Waals surface area contributed by atoms with Gasteiger partial charge in [-0.2, -0.15) is 0 Å². The lowest BCUT2D eigenvalue weighted by Gasteiger charge is -2.28. The van der Waals surface area contributed by atoms with Crippen LogP contribution in [0.25, 0.3) is 0 Å². The molecule has 7 heteroatoms. The molecular weight excluding hydrogens is 310 g/mol. The van der Waals surface area contributed by atoms with E-state index in [0.29, 0.717) is 6.54 Å². The van der Waals surface area contributed by atoms with Gasteiger partial charge in [-0.1, -0.05) is 25.3 Å². The highest BCUT2D eigenvalue weighted by molar-refractivity contribution is 5.93. The van der Waals surface area contributed by atoms with Crippen LogP contribution in [0, 0.1) is 11.3 Å². The van der Waals surface area contributed by atoms with Gasteiger partial charge >= 0.3 is 12.0 Å². The summed E-state index contributed by atoms with van der Waals surface area (Å²) >= 11 is 0. The number of aliphatic carboxylic acids is 1. The molecule has 0 aromatic rings. The standard InChI is InChI=1S/C17H25N3O4/c1-2-8-19-10-17(15(22)23)11-20(9-13(17)14(19)21)16(24)18-12-6-4-3-5-7-12/h2,12-13H,1,3-11H2,(H,18,24)(H,22,23)/t13-,17+/m0/s1. The van der Waals surface area contributed by atoms with Crippen LogP contribution in [0.4, 0.5) is 4.79 Å². The lowest BCUT2D eigenvalue weighted by atomic mass is 9.81. The van der Waals surface area contributed by atoms with E-state index in [2.05, 4.69) is 11.9 Å². The molecule has 3 fully saturated rings. The Morgan fingerprint density at radius 3 is 2.58 bits per heavy atom. The van der Waals surface area contributed by atoms with Crippen LogP contribution < -0.4 is 5.32 Å². The molecule has 0 unspecified atom stereocenters. The van der Waals surface area contributed by atoms with Crippen molar-refractivity contribution in [1.82, 2.24) is 15.1 Å². The summed E-state index contributed by atoms with van der Waals surface area (Å²) in [7, 11) is 0. The Morgan fingerprint density at radius 2 is 2.00 bits per heavy atom. The number of carbonyl (C=O) groups excluding carboxylic acids is 2. The molecule has 3 aliphatic rings. The van der Waals surface area contributed by atoms with E-state index in [-0.39, 0.29) is 37.6 Å². The minimum absolute atomic E-state index is 0.0882. The van der Waals surface area contributed by atoms with E-state index < -0.39 is 17.3 Å². The molecule has 0 bridgehead atoms. The van der Waals surface area contributed by atoms with Crippen LogP contribution in [0.5, 0.6) is 0 Å². The fourth-order valence-corrected chi connectivity index (χ4v) is 4.29. The highest BCUT2D eigenvalue weighted by Crippen LogP contribution is 2.43. The van der Waals surface area contributed by atoms with Gasteiger partial charge < -0.3 is 20.2 Å². The summed E-state index contributed by atoms with van der Waals surface area (Å²) in [5, 5.41) is 12.7. The molecule has 0 aromatic carbocycles. The summed E-state index contributed by atoms with van der Waals surface area (Å²) in [6, 6.07) is -0.0690. The number of amides is 3. The fourth-order valence-electron chi connectivity index (χ4n) is 4.29. The van der Waals surface area contributed by atoms with Gasteiger partial charge in [0.15, 0.2) is 0 Å². The number of carboxylic acids is 1. The Labute approximate surface area is 141 Å². The number of carboxylic acid groups (broad SMARTS) is 1. The normalized spacial score (nSPS) is 30.3. The number of hydrogen-bond donors (Lipinski definition) is 2. The molecule has 0 radical (unpaired) electrons. The third-order valence-electron chi connectivity index (χ3n) is 5.62. The molecule has 0 spiro atoms. The Bertz CT molecular complexity index is 558. The topological polar surface area (TPSA) is 90.0 Å². The number of likely N-dealkylation sites (tertiary alicyclic amines) is 2. The van der Waals surface area contributed by atoms with Gasteiger partial charge in [-0.05, 0) is 12.8 Å². The number of carbonyl (C=O) groups is 3. The number of urea groups is 1. The highest BCUT2D eigenvalue weighted by Gasteiger charge is 2.62. The molecule has 2 N–H and O–H groups in total. The Morgan fingerprint density at radius 1 is 1.29 bits per heavy atom. The molecular formula is C17H25N3O4. The monoisotopic (exact) mass is 335 g/mol. The van der Waals surface area contributed by atoms with Gasteiger partial charge in [0.1, 0.15) is 5.41 Å². The molecule has 7 nitrogen and oxygen atoms in total. The summed E-state index contributed by atoms with van der Waals surface area (Å²) in [6.45, 7) is 4.37. The van der Waals surface area contributed by atoms with E-state index in [9.17, 15) is 19.5 Å². The van der Waals surface area contributed by atoms with Gasteiger partial charge in [-0.25, -0.2) is 4.79 Å². The fraction of sp³-hybridized carbons (Fsp3) is 0.706. The number of nitrogens with zero attached hydrogens (tertiary/aromatic N) is 2. The maximum atomic E-state index is 12.5. The SMILES string of the molecule is C=CCN1C[C@@]2(C(=O)O)CN(C(=O)NC3CCCCC3)C[C@H]2C1=O. The molecule has 0 aromatic heterocycles. The van der Waals surface area contributed by atoms with E-state index in [0.717, 1.165) is 25.7 Å². The lowest BCUT2D eigenvalue weighted by molar-refractivity contribution is -0.149. The number of rotatable bonds is 4. The van der Waals surface area contributed by atoms with Crippen LogP contribution in [-0.2, 0) is 9.59 Å². The lowest BCUT2D eigenvalue weighted by Crippen LogP contribution is -2.47. The van der Waals surface area contributed by atoms with Gasteiger partial charge in [-0.3, -0.25) is 9.59 Å². The predicted molar refractivity (Wildman–Crippen MR) is 87.3 cm³/mol. The number of fused-ring (bicyclic) bond motifs is 1. The van der Waals surface area contributed by atoms with Gasteiger partial charge in [0, 0.05) is 32.2 Å². The third-order valence-corrected chi connectivity index (χ3v) is 5.62. The van der Waals surface area contributed by atoms with Crippen LogP contribution >= 0.6 is 0 Å². The van der Waals surface area contributed by atoms with Crippen molar-refractivity contribution in [3.8, 4) is 0 Å². The summed E-state index contributed by atoms with van der Waals surface area (Å²) in [4.78, 5) is 39.9. The molecule has 2 heterocycles. The van der Waals surface area contributed by atoms with Crippen molar-refractivity contribution in [2.45, 2.75) is 38.1 Å². The zero-order chi connectivity index (χ0) is 17.3. The van der Waals surface area contributed by atoms with Crippen molar-refractivity contribution >= 4 is 17.9 Å². The molecule has 1 aliphatic carbocycles. The zero-order valence-corrected chi connectivity index (χ0v) is 13.9. The van der Waals surface area contributed by atoms with Crippen LogP contribution in [0.2, 0.25) is 0 Å². The maximum Gasteiger partial charge on any atom is 0.317 e. The van der Waals surface area contributed by atoms with E-state index in [4.69, 9.17) is 0 Å². The number of nitrogens with one attached hydrogen (secondary N) is 1. The van der Waals surface area contributed by atoms with Crippen molar-refractivity contribution in [3.63, 3.8) is 0 Å². The smallest absolute Gasteiger partial charge is 0.317 e. The van der Waals surface area contributed by atoms with Crippen molar-refractivity contribution in [2.75, 3.05) is 26.2 Å². The van der Waals surface area contributed by atoms with E-state index in [1.54, 1.807) is 6.08 Å². The maximum absolute atomic E-state index is 12.5. The quantitative estimate of drug-likeness (QED) is 0.752. The van der Waals surface area contributed by atoms with E-state index in [1.807, 2.05) is 0 Å². The van der Waals surface area contributed by atoms with E-state index in [1.165, 1.54) is 16.2 Å². The number of hydrogen-bond acceptors (Lipinski definition) is 3. The zero-order valence-electron chi connectivity index (χ0n) is 13.9. The first-order valence-electron chi connectivity index (χ1n) is 8.66. The van der Waals surface area contributed by atoms with Crippen LogP contribution in [0.3, 0.4) is 0 Å². The molecule has 2 atom stereocenters. The van der Waals surface area contributed by atoms with Crippen molar-refractivity contribution < 1.29 is 19.5 Å². The first-order chi connectivity index (χ1) is 11.5. The molecule has 2 saturated heterocycles. The average Bonchev–Trinajstić information content (AvgIpc) is 3.06. The second-order valence-electron chi connectivity index (χ2n) is 7.19. The second kappa shape index (κ2) is 6.45. The summed E-state index contributed by atoms with van der Waals surface area (Å²) in [6.07, 6.45) is 6.97. The molecule has 2 aliphatic heterocycles. The Hall–Kier alpha value is -2.05. The van der Waals surface area contributed by atoms with Gasteiger partial charge in [0.05, 0.1) is 5.92 Å². The Balaban J connectivity index is 1.70.